The molecule has 2 heterocycles. The molecule has 0 aromatic heterocycles. The monoisotopic (exact) mass is 294 g/mol. The van der Waals surface area contributed by atoms with E-state index in [2.05, 4.69) is 16.0 Å². The van der Waals surface area contributed by atoms with Gasteiger partial charge in [0.25, 0.3) is 0 Å². The standard InChI is InChI=1S/C14H22N4O3/c19-11-8-17-13(21)18(11)6-5-16-12(20)14-4-2-1-3-10(14)7-15-9-14/h10,15H,1-9H2,(H,16,20)(H,17,21)/t10-,14+/m0/s1. The van der Waals surface area contributed by atoms with Crippen LogP contribution in [-0.4, -0.2) is 55.5 Å². The number of nitrogens with zero attached hydrogens (tertiary/aromatic N) is 1. The average molecular weight is 294 g/mol. The fourth-order valence-corrected chi connectivity index (χ4v) is 3.83. The summed E-state index contributed by atoms with van der Waals surface area (Å²) in [5.74, 6) is 0.262. The first-order valence-corrected chi connectivity index (χ1v) is 7.71. The van der Waals surface area contributed by atoms with E-state index in [0.29, 0.717) is 12.5 Å². The number of hydrogen-bond acceptors (Lipinski definition) is 4. The third kappa shape index (κ3) is 2.50. The number of urea groups is 1. The highest BCUT2D eigenvalue weighted by molar-refractivity contribution is 6.01. The van der Waals surface area contributed by atoms with E-state index in [1.807, 2.05) is 0 Å². The zero-order valence-corrected chi connectivity index (χ0v) is 12.1. The molecule has 1 aliphatic carbocycles. The van der Waals surface area contributed by atoms with Crippen molar-refractivity contribution in [1.82, 2.24) is 20.9 Å². The van der Waals surface area contributed by atoms with Gasteiger partial charge in [-0.2, -0.15) is 0 Å². The third-order valence-corrected chi connectivity index (χ3v) is 5.05. The number of carbonyl (C=O) groups is 3. The van der Waals surface area contributed by atoms with Crippen LogP contribution in [0.2, 0.25) is 0 Å². The van der Waals surface area contributed by atoms with Crippen molar-refractivity contribution in [2.75, 3.05) is 32.7 Å². The Kier molecular flexibility index (Phi) is 3.84. The first-order valence-electron chi connectivity index (χ1n) is 7.71. The second kappa shape index (κ2) is 5.63. The molecule has 7 heteroatoms. The van der Waals surface area contributed by atoms with Gasteiger partial charge in [-0.25, -0.2) is 4.79 Å². The molecule has 21 heavy (non-hydrogen) atoms. The highest BCUT2D eigenvalue weighted by atomic mass is 16.2. The van der Waals surface area contributed by atoms with Crippen LogP contribution < -0.4 is 16.0 Å². The Morgan fingerprint density at radius 3 is 3.00 bits per heavy atom. The van der Waals surface area contributed by atoms with Crippen molar-refractivity contribution >= 4 is 17.8 Å². The van der Waals surface area contributed by atoms with Gasteiger partial charge >= 0.3 is 6.03 Å². The van der Waals surface area contributed by atoms with Crippen LogP contribution >= 0.6 is 0 Å². The van der Waals surface area contributed by atoms with Gasteiger partial charge in [-0.15, -0.1) is 0 Å². The molecule has 2 aliphatic heterocycles. The molecule has 0 aromatic carbocycles. The Hall–Kier alpha value is -1.63. The van der Waals surface area contributed by atoms with E-state index in [4.69, 9.17) is 0 Å². The number of imide groups is 1. The van der Waals surface area contributed by atoms with Crippen LogP contribution in [0.1, 0.15) is 25.7 Å². The largest absolute Gasteiger partial charge is 0.354 e. The maximum absolute atomic E-state index is 12.6. The first-order chi connectivity index (χ1) is 10.1. The fourth-order valence-electron chi connectivity index (χ4n) is 3.83. The van der Waals surface area contributed by atoms with Gasteiger partial charge in [-0.3, -0.25) is 14.5 Å². The summed E-state index contributed by atoms with van der Waals surface area (Å²) in [5.41, 5.74) is -0.282. The van der Waals surface area contributed by atoms with Crippen LogP contribution in [-0.2, 0) is 9.59 Å². The van der Waals surface area contributed by atoms with Gasteiger partial charge in [0.05, 0.1) is 12.0 Å². The lowest BCUT2D eigenvalue weighted by molar-refractivity contribution is -0.134. The molecule has 0 spiro atoms. The molecule has 3 N–H and O–H groups in total. The fraction of sp³-hybridized carbons (Fsp3) is 0.786. The number of nitrogens with one attached hydrogen (secondary N) is 3. The number of fused-ring (bicyclic) bond motifs is 1. The summed E-state index contributed by atoms with van der Waals surface area (Å²) >= 11 is 0. The molecule has 0 radical (unpaired) electrons. The highest BCUT2D eigenvalue weighted by Gasteiger charge is 2.49. The second-order valence-electron chi connectivity index (χ2n) is 6.19. The Bertz CT molecular complexity index is 451. The lowest BCUT2D eigenvalue weighted by atomic mass is 9.67. The Balaban J connectivity index is 1.54. The third-order valence-electron chi connectivity index (χ3n) is 5.05. The van der Waals surface area contributed by atoms with Crippen LogP contribution in [0.4, 0.5) is 4.79 Å². The van der Waals surface area contributed by atoms with Gasteiger partial charge in [0.2, 0.25) is 11.8 Å². The van der Waals surface area contributed by atoms with E-state index in [-0.39, 0.29) is 36.3 Å². The summed E-state index contributed by atoms with van der Waals surface area (Å²) < 4.78 is 0. The van der Waals surface area contributed by atoms with Crippen LogP contribution in [0.15, 0.2) is 0 Å². The van der Waals surface area contributed by atoms with Crippen LogP contribution in [0, 0.1) is 11.3 Å². The molecule has 1 saturated carbocycles. The highest BCUT2D eigenvalue weighted by Crippen LogP contribution is 2.43. The van der Waals surface area contributed by atoms with Crippen molar-refractivity contribution < 1.29 is 14.4 Å². The minimum Gasteiger partial charge on any atom is -0.354 e. The number of hydrogen-bond donors (Lipinski definition) is 3. The topological polar surface area (TPSA) is 90.5 Å². The van der Waals surface area contributed by atoms with E-state index in [0.717, 1.165) is 37.3 Å². The second-order valence-corrected chi connectivity index (χ2v) is 6.19. The molecule has 116 valence electrons. The van der Waals surface area contributed by atoms with Gasteiger partial charge in [-0.1, -0.05) is 12.8 Å². The Labute approximate surface area is 123 Å². The van der Waals surface area contributed by atoms with E-state index >= 15 is 0 Å². The minimum atomic E-state index is -0.370. The maximum Gasteiger partial charge on any atom is 0.324 e. The number of carbonyl (C=O) groups excluding carboxylic acids is 3. The molecular weight excluding hydrogens is 272 g/mol. The zero-order chi connectivity index (χ0) is 14.9. The first kappa shape index (κ1) is 14.3. The van der Waals surface area contributed by atoms with E-state index in [9.17, 15) is 14.4 Å². The molecule has 3 fully saturated rings. The SMILES string of the molecule is O=C1CNC(=O)N1CCNC(=O)[C@@]12CCCC[C@H]1CNC2. The van der Waals surface area contributed by atoms with Gasteiger partial charge < -0.3 is 16.0 Å². The molecule has 2 saturated heterocycles. The summed E-state index contributed by atoms with van der Waals surface area (Å²) in [6, 6.07) is -0.370. The van der Waals surface area contributed by atoms with Crippen molar-refractivity contribution in [2.24, 2.45) is 11.3 Å². The number of amides is 4. The molecule has 0 unspecified atom stereocenters. The molecule has 4 amide bonds. The van der Waals surface area contributed by atoms with Crippen molar-refractivity contribution in [3.63, 3.8) is 0 Å². The smallest absolute Gasteiger partial charge is 0.324 e. The lowest BCUT2D eigenvalue weighted by Gasteiger charge is -2.37. The summed E-state index contributed by atoms with van der Waals surface area (Å²) in [4.78, 5) is 36.6. The van der Waals surface area contributed by atoms with E-state index < -0.39 is 0 Å². The van der Waals surface area contributed by atoms with Crippen molar-refractivity contribution in [1.29, 1.82) is 0 Å². The Morgan fingerprint density at radius 1 is 1.38 bits per heavy atom. The summed E-state index contributed by atoms with van der Waals surface area (Å²) in [6.07, 6.45) is 4.33. The van der Waals surface area contributed by atoms with Crippen LogP contribution in [0.3, 0.4) is 0 Å². The Morgan fingerprint density at radius 2 is 2.24 bits per heavy atom. The normalized spacial score (nSPS) is 32.0. The lowest BCUT2D eigenvalue weighted by Crippen LogP contribution is -2.49. The summed E-state index contributed by atoms with van der Waals surface area (Å²) in [5, 5.41) is 8.74. The van der Waals surface area contributed by atoms with Gasteiger partial charge in [0.15, 0.2) is 0 Å². The van der Waals surface area contributed by atoms with Crippen molar-refractivity contribution in [3.8, 4) is 0 Å². The van der Waals surface area contributed by atoms with Gasteiger partial charge in [-0.05, 0) is 25.3 Å². The summed E-state index contributed by atoms with van der Waals surface area (Å²) in [7, 11) is 0. The summed E-state index contributed by atoms with van der Waals surface area (Å²) in [6.45, 7) is 2.28. The minimum absolute atomic E-state index is 0.0582. The number of rotatable bonds is 4. The molecular formula is C14H22N4O3. The molecule has 3 rings (SSSR count). The average Bonchev–Trinajstić information content (AvgIpc) is 3.05. The van der Waals surface area contributed by atoms with Gasteiger partial charge in [0, 0.05) is 19.6 Å². The molecule has 0 aromatic rings. The van der Waals surface area contributed by atoms with Crippen molar-refractivity contribution in [2.45, 2.75) is 25.7 Å². The molecule has 3 aliphatic rings. The van der Waals surface area contributed by atoms with E-state index in [1.54, 1.807) is 0 Å². The predicted molar refractivity (Wildman–Crippen MR) is 75.4 cm³/mol. The van der Waals surface area contributed by atoms with Gasteiger partial charge in [0.1, 0.15) is 0 Å². The quantitative estimate of drug-likeness (QED) is 0.606. The maximum atomic E-state index is 12.6. The molecule has 0 bridgehead atoms. The predicted octanol–water partition coefficient (Wildman–Crippen LogP) is -0.566. The van der Waals surface area contributed by atoms with Crippen LogP contribution in [0.5, 0.6) is 0 Å². The van der Waals surface area contributed by atoms with E-state index in [1.165, 1.54) is 6.42 Å². The van der Waals surface area contributed by atoms with Crippen molar-refractivity contribution in [3.05, 3.63) is 0 Å². The molecule has 2 atom stereocenters. The molecule has 7 nitrogen and oxygen atoms in total. The zero-order valence-electron chi connectivity index (χ0n) is 12.1. The van der Waals surface area contributed by atoms with Crippen LogP contribution in [0.25, 0.3) is 0 Å².